The van der Waals surface area contributed by atoms with E-state index in [-0.39, 0.29) is 29.9 Å². The molecule has 0 bridgehead atoms. The van der Waals surface area contributed by atoms with E-state index in [9.17, 15) is 14.0 Å². The molecule has 4 nitrogen and oxygen atoms in total. The highest BCUT2D eigenvalue weighted by atomic mass is 32.2. The summed E-state index contributed by atoms with van der Waals surface area (Å²) in [4.78, 5) is 25.8. The smallest absolute Gasteiger partial charge is 0.232 e. The van der Waals surface area contributed by atoms with Crippen LogP contribution in [0.5, 0.6) is 0 Å². The molecule has 0 spiro atoms. The predicted molar refractivity (Wildman–Crippen MR) is 95.2 cm³/mol. The van der Waals surface area contributed by atoms with Gasteiger partial charge in [-0.05, 0) is 18.9 Å². The number of benzene rings is 1. The van der Waals surface area contributed by atoms with Crippen molar-refractivity contribution in [1.82, 2.24) is 10.2 Å². The first-order valence-electron chi connectivity index (χ1n) is 8.41. The highest BCUT2D eigenvalue weighted by molar-refractivity contribution is 8.00. The number of hydrogen-bond acceptors (Lipinski definition) is 3. The molecule has 24 heavy (non-hydrogen) atoms. The summed E-state index contributed by atoms with van der Waals surface area (Å²) in [6, 6.07) is 6.72. The van der Waals surface area contributed by atoms with Crippen molar-refractivity contribution < 1.29 is 14.0 Å². The minimum Gasteiger partial charge on any atom is -0.351 e. The summed E-state index contributed by atoms with van der Waals surface area (Å²) in [6.45, 7) is 0.169. The number of halogens is 1. The van der Waals surface area contributed by atoms with Crippen LogP contribution in [0.1, 0.15) is 37.7 Å². The van der Waals surface area contributed by atoms with E-state index in [4.69, 9.17) is 0 Å². The van der Waals surface area contributed by atoms with Crippen LogP contribution in [0.15, 0.2) is 24.3 Å². The zero-order chi connectivity index (χ0) is 17.4. The minimum atomic E-state index is -0.324. The molecular formula is C18H25FN2O2S. The van der Waals surface area contributed by atoms with E-state index in [0.717, 1.165) is 12.8 Å². The maximum absolute atomic E-state index is 13.5. The van der Waals surface area contributed by atoms with Crippen LogP contribution < -0.4 is 5.32 Å². The molecule has 0 aliphatic heterocycles. The molecule has 0 unspecified atom stereocenters. The Kier molecular flexibility index (Phi) is 7.56. The summed E-state index contributed by atoms with van der Waals surface area (Å²) >= 11 is 1.30. The van der Waals surface area contributed by atoms with Crippen molar-refractivity contribution in [2.24, 2.45) is 0 Å². The van der Waals surface area contributed by atoms with Crippen molar-refractivity contribution >= 4 is 23.6 Å². The number of rotatable bonds is 7. The maximum atomic E-state index is 13.5. The van der Waals surface area contributed by atoms with E-state index in [1.165, 1.54) is 37.1 Å². The highest BCUT2D eigenvalue weighted by Gasteiger charge is 2.21. The molecule has 1 aromatic carbocycles. The van der Waals surface area contributed by atoms with E-state index in [2.05, 4.69) is 5.32 Å². The fourth-order valence-corrected chi connectivity index (χ4v) is 3.66. The van der Waals surface area contributed by atoms with Crippen LogP contribution in [0, 0.1) is 5.82 Å². The van der Waals surface area contributed by atoms with E-state index in [1.807, 2.05) is 11.9 Å². The third-order valence-corrected chi connectivity index (χ3v) is 5.33. The Balaban J connectivity index is 1.64. The van der Waals surface area contributed by atoms with Gasteiger partial charge in [0, 0.05) is 25.2 Å². The van der Waals surface area contributed by atoms with Crippen molar-refractivity contribution in [3.8, 4) is 0 Å². The summed E-state index contributed by atoms with van der Waals surface area (Å²) in [7, 11) is 1.86. The largest absolute Gasteiger partial charge is 0.351 e. The molecule has 0 radical (unpaired) electrons. The number of carbonyl (C=O) groups excluding carboxylic acids is 2. The number of nitrogens with zero attached hydrogens (tertiary/aromatic N) is 1. The molecule has 0 saturated heterocycles. The molecular weight excluding hydrogens is 327 g/mol. The van der Waals surface area contributed by atoms with Gasteiger partial charge < -0.3 is 10.2 Å². The molecule has 6 heteroatoms. The molecule has 2 rings (SSSR count). The molecule has 2 amide bonds. The minimum absolute atomic E-state index is 0.0776. The zero-order valence-electron chi connectivity index (χ0n) is 14.1. The second-order valence-corrected chi connectivity index (χ2v) is 7.14. The van der Waals surface area contributed by atoms with Crippen molar-refractivity contribution in [2.75, 3.05) is 18.6 Å². The number of nitrogens with one attached hydrogen (secondary N) is 1. The van der Waals surface area contributed by atoms with E-state index >= 15 is 0 Å². The van der Waals surface area contributed by atoms with Gasteiger partial charge in [-0.2, -0.15) is 0 Å². The fourth-order valence-electron chi connectivity index (χ4n) is 2.89. The maximum Gasteiger partial charge on any atom is 0.232 e. The lowest BCUT2D eigenvalue weighted by Gasteiger charge is -2.31. The van der Waals surface area contributed by atoms with Crippen molar-refractivity contribution in [1.29, 1.82) is 0 Å². The molecule has 0 aromatic heterocycles. The Bertz CT molecular complexity index is 562. The molecule has 1 aliphatic rings. The van der Waals surface area contributed by atoms with Gasteiger partial charge in [0.25, 0.3) is 0 Å². The number of carbonyl (C=O) groups is 2. The van der Waals surface area contributed by atoms with Gasteiger partial charge in [0.15, 0.2) is 0 Å². The number of hydrogen-bond donors (Lipinski definition) is 1. The Morgan fingerprint density at radius 1 is 1.21 bits per heavy atom. The Hall–Kier alpha value is -1.56. The fraction of sp³-hybridized carbons (Fsp3) is 0.556. The van der Waals surface area contributed by atoms with Gasteiger partial charge in [-0.3, -0.25) is 9.59 Å². The van der Waals surface area contributed by atoms with Gasteiger partial charge in [0.05, 0.1) is 11.5 Å². The van der Waals surface area contributed by atoms with Crippen LogP contribution in [0.25, 0.3) is 0 Å². The third-order valence-electron chi connectivity index (χ3n) is 4.41. The lowest BCUT2D eigenvalue weighted by atomic mass is 9.94. The molecule has 1 aliphatic carbocycles. The molecule has 1 fully saturated rings. The van der Waals surface area contributed by atoms with E-state index in [0.29, 0.717) is 17.4 Å². The monoisotopic (exact) mass is 352 g/mol. The van der Waals surface area contributed by atoms with Crippen molar-refractivity contribution in [2.45, 2.75) is 44.7 Å². The topological polar surface area (TPSA) is 49.4 Å². The van der Waals surface area contributed by atoms with Crippen LogP contribution in [0.4, 0.5) is 4.39 Å². The lowest BCUT2D eigenvalue weighted by Crippen LogP contribution is -2.39. The van der Waals surface area contributed by atoms with Crippen LogP contribution in [0.2, 0.25) is 0 Å². The van der Waals surface area contributed by atoms with Crippen LogP contribution in [0.3, 0.4) is 0 Å². The van der Waals surface area contributed by atoms with Gasteiger partial charge >= 0.3 is 0 Å². The summed E-state index contributed by atoms with van der Waals surface area (Å²) in [5.74, 6) is 0.0821. The van der Waals surface area contributed by atoms with Crippen molar-refractivity contribution in [3.05, 3.63) is 35.6 Å². The molecule has 132 valence electrons. The average Bonchev–Trinajstić information content (AvgIpc) is 2.61. The summed E-state index contributed by atoms with van der Waals surface area (Å²) in [5.41, 5.74) is 0.462. The SMILES string of the molecule is CN(C(=O)CSCC(=O)NCc1ccccc1F)C1CCCCC1. The molecule has 0 atom stereocenters. The van der Waals surface area contributed by atoms with Crippen LogP contribution >= 0.6 is 11.8 Å². The lowest BCUT2D eigenvalue weighted by molar-refractivity contribution is -0.129. The quantitative estimate of drug-likeness (QED) is 0.821. The summed E-state index contributed by atoms with van der Waals surface area (Å²) in [6.07, 6.45) is 5.79. The van der Waals surface area contributed by atoms with Gasteiger partial charge in [-0.15, -0.1) is 11.8 Å². The standard InChI is InChI=1S/C18H25FN2O2S/c1-21(15-8-3-2-4-9-15)18(23)13-24-12-17(22)20-11-14-7-5-6-10-16(14)19/h5-7,10,15H,2-4,8-9,11-13H2,1H3,(H,20,22). The normalized spacial score (nSPS) is 15.1. The number of amides is 2. The van der Waals surface area contributed by atoms with Gasteiger partial charge in [-0.25, -0.2) is 4.39 Å². The number of thioether (sulfide) groups is 1. The van der Waals surface area contributed by atoms with Crippen molar-refractivity contribution in [3.63, 3.8) is 0 Å². The Labute approximate surface area is 147 Å². The van der Waals surface area contributed by atoms with E-state index < -0.39 is 0 Å². The highest BCUT2D eigenvalue weighted by Crippen LogP contribution is 2.22. The van der Waals surface area contributed by atoms with Gasteiger partial charge in [0.1, 0.15) is 5.82 Å². The van der Waals surface area contributed by atoms with E-state index in [1.54, 1.807) is 18.2 Å². The zero-order valence-corrected chi connectivity index (χ0v) is 14.9. The third kappa shape index (κ3) is 5.82. The Morgan fingerprint density at radius 2 is 1.92 bits per heavy atom. The van der Waals surface area contributed by atoms with Gasteiger partial charge in [0.2, 0.25) is 11.8 Å². The summed E-state index contributed by atoms with van der Waals surface area (Å²) < 4.78 is 13.5. The molecule has 1 aromatic rings. The molecule has 1 N–H and O–H groups in total. The average molecular weight is 352 g/mol. The first kappa shape index (κ1) is 18.8. The molecule has 1 saturated carbocycles. The first-order chi connectivity index (χ1) is 11.6. The first-order valence-corrected chi connectivity index (χ1v) is 9.57. The Morgan fingerprint density at radius 3 is 2.62 bits per heavy atom. The van der Waals surface area contributed by atoms with Crippen LogP contribution in [-0.2, 0) is 16.1 Å². The van der Waals surface area contributed by atoms with Crippen LogP contribution in [-0.4, -0.2) is 41.3 Å². The predicted octanol–water partition coefficient (Wildman–Crippen LogP) is 2.97. The van der Waals surface area contributed by atoms with Gasteiger partial charge in [-0.1, -0.05) is 37.5 Å². The second kappa shape index (κ2) is 9.67. The molecule has 0 heterocycles. The summed E-state index contributed by atoms with van der Waals surface area (Å²) in [5, 5.41) is 2.68. The second-order valence-electron chi connectivity index (χ2n) is 6.16.